The van der Waals surface area contributed by atoms with Crippen molar-refractivity contribution in [2.45, 2.75) is 0 Å². The highest BCUT2D eigenvalue weighted by molar-refractivity contribution is 14.1. The highest BCUT2D eigenvalue weighted by Crippen LogP contribution is 2.26. The van der Waals surface area contributed by atoms with E-state index >= 15 is 0 Å². The van der Waals surface area contributed by atoms with Crippen molar-refractivity contribution in [3.05, 3.63) is 75.9 Å². The van der Waals surface area contributed by atoms with Crippen molar-refractivity contribution >= 4 is 61.8 Å². The topological polar surface area (TPSA) is 55.4 Å². The van der Waals surface area contributed by atoms with Crippen LogP contribution in [0.25, 0.3) is 10.8 Å². The fourth-order valence-electron chi connectivity index (χ4n) is 2.32. The summed E-state index contributed by atoms with van der Waals surface area (Å²) in [6.07, 6.45) is 0. The van der Waals surface area contributed by atoms with Gasteiger partial charge in [-0.05, 0) is 46.2 Å². The number of benzene rings is 3. The number of hydrogen-bond donors (Lipinski definition) is 1. The Morgan fingerprint density at radius 2 is 1.71 bits per heavy atom. The molecule has 0 aliphatic heterocycles. The molecule has 3 rings (SSSR count). The van der Waals surface area contributed by atoms with Gasteiger partial charge in [-0.1, -0.05) is 60.3 Å². The minimum absolute atomic E-state index is 0.0486. The van der Waals surface area contributed by atoms with Crippen molar-refractivity contribution < 1.29 is 4.79 Å². The number of carbonyl (C=O) groups excluding carboxylic acids is 1. The van der Waals surface area contributed by atoms with Gasteiger partial charge < -0.3 is 5.73 Å². The first-order valence-electron chi connectivity index (χ1n) is 7.37. The Labute approximate surface area is 158 Å². The number of thioether (sulfide) groups is 1. The number of halogens is 1. The molecule has 0 saturated carbocycles. The molecule has 0 atom stereocenters. The Morgan fingerprint density at radius 1 is 1.00 bits per heavy atom. The number of rotatable bonds is 4. The van der Waals surface area contributed by atoms with Crippen molar-refractivity contribution in [3.63, 3.8) is 0 Å². The Kier molecular flexibility index (Phi) is 5.52. The zero-order chi connectivity index (χ0) is 16.9. The van der Waals surface area contributed by atoms with Crippen LogP contribution in [0.15, 0.2) is 71.7 Å². The van der Waals surface area contributed by atoms with Gasteiger partial charge in [-0.15, -0.1) is 0 Å². The van der Waals surface area contributed by atoms with Crippen molar-refractivity contribution in [2.24, 2.45) is 10.7 Å². The zero-order valence-electron chi connectivity index (χ0n) is 12.8. The van der Waals surface area contributed by atoms with Gasteiger partial charge in [0.15, 0.2) is 11.0 Å². The van der Waals surface area contributed by atoms with Crippen LogP contribution < -0.4 is 5.73 Å². The summed E-state index contributed by atoms with van der Waals surface area (Å²) in [5.74, 6) is 0.327. The first-order valence-corrected chi connectivity index (χ1v) is 9.43. The van der Waals surface area contributed by atoms with Gasteiger partial charge in [-0.2, -0.15) is 0 Å². The molecule has 3 aromatic rings. The van der Waals surface area contributed by atoms with Crippen molar-refractivity contribution in [2.75, 3.05) is 5.75 Å². The number of amidine groups is 1. The number of nitrogens with two attached hydrogens (primary N) is 1. The second-order valence-corrected chi connectivity index (χ2v) is 7.41. The number of ketones is 1. The van der Waals surface area contributed by atoms with Gasteiger partial charge in [0, 0.05) is 14.5 Å². The lowest BCUT2D eigenvalue weighted by atomic mass is 10.1. The second-order valence-electron chi connectivity index (χ2n) is 5.17. The average Bonchev–Trinajstić information content (AvgIpc) is 2.61. The third kappa shape index (κ3) is 4.15. The SMILES string of the molecule is NC(=Nc1cccc2ccccc12)SCC(=O)c1ccc(I)cc1. The maximum atomic E-state index is 12.2. The molecule has 0 spiro atoms. The number of Topliss-reactive ketones (excluding diaryl/α,β-unsaturated/α-hetero) is 1. The Balaban J connectivity index is 1.72. The zero-order valence-corrected chi connectivity index (χ0v) is 15.8. The fraction of sp³-hybridized carbons (Fsp3) is 0.0526. The van der Waals surface area contributed by atoms with E-state index in [-0.39, 0.29) is 11.5 Å². The molecule has 2 N–H and O–H groups in total. The molecule has 0 unspecified atom stereocenters. The molecule has 0 saturated heterocycles. The smallest absolute Gasteiger partial charge is 0.173 e. The molecule has 0 aromatic heterocycles. The van der Waals surface area contributed by atoms with Crippen LogP contribution >= 0.6 is 34.4 Å². The largest absolute Gasteiger partial charge is 0.378 e. The van der Waals surface area contributed by atoms with Gasteiger partial charge in [0.1, 0.15) is 0 Å². The van der Waals surface area contributed by atoms with Crippen molar-refractivity contribution in [1.29, 1.82) is 0 Å². The first-order chi connectivity index (χ1) is 11.6. The monoisotopic (exact) mass is 446 g/mol. The van der Waals surface area contributed by atoms with Gasteiger partial charge in [0.25, 0.3) is 0 Å². The maximum absolute atomic E-state index is 12.2. The lowest BCUT2D eigenvalue weighted by Gasteiger charge is -2.04. The van der Waals surface area contributed by atoms with Gasteiger partial charge in [0.2, 0.25) is 0 Å². The van der Waals surface area contributed by atoms with Crippen LogP contribution in [0.4, 0.5) is 5.69 Å². The van der Waals surface area contributed by atoms with E-state index in [0.717, 1.165) is 20.0 Å². The summed E-state index contributed by atoms with van der Waals surface area (Å²) in [6.45, 7) is 0. The standard InChI is InChI=1S/C19H15IN2OS/c20-15-10-8-14(9-11-15)18(23)12-24-19(21)22-17-7-3-5-13-4-1-2-6-16(13)17/h1-11H,12H2,(H2,21,22). The van der Waals surface area contributed by atoms with E-state index in [1.807, 2.05) is 66.7 Å². The Morgan fingerprint density at radius 3 is 2.50 bits per heavy atom. The van der Waals surface area contributed by atoms with E-state index in [0.29, 0.717) is 10.7 Å². The quantitative estimate of drug-likeness (QED) is 0.266. The summed E-state index contributed by atoms with van der Waals surface area (Å²) < 4.78 is 1.11. The summed E-state index contributed by atoms with van der Waals surface area (Å²) in [5, 5.41) is 2.56. The van der Waals surface area contributed by atoms with Crippen LogP contribution in [-0.2, 0) is 0 Å². The van der Waals surface area contributed by atoms with E-state index in [4.69, 9.17) is 5.73 Å². The molecule has 120 valence electrons. The Bertz CT molecular complexity index is 901. The maximum Gasteiger partial charge on any atom is 0.173 e. The molecule has 0 bridgehead atoms. The molecule has 0 aliphatic carbocycles. The fourth-order valence-corrected chi connectivity index (χ4v) is 3.28. The molecule has 3 nitrogen and oxygen atoms in total. The van der Waals surface area contributed by atoms with E-state index in [1.165, 1.54) is 11.8 Å². The normalized spacial score (nSPS) is 11.6. The number of nitrogens with zero attached hydrogens (tertiary/aromatic N) is 1. The van der Waals surface area contributed by atoms with Crippen LogP contribution in [0.2, 0.25) is 0 Å². The van der Waals surface area contributed by atoms with Gasteiger partial charge >= 0.3 is 0 Å². The molecule has 0 fully saturated rings. The van der Waals surface area contributed by atoms with E-state index < -0.39 is 0 Å². The minimum atomic E-state index is 0.0486. The van der Waals surface area contributed by atoms with Crippen molar-refractivity contribution in [1.82, 2.24) is 0 Å². The molecule has 0 radical (unpaired) electrons. The first kappa shape index (κ1) is 17.0. The number of aliphatic imine (C=N–C) groups is 1. The van der Waals surface area contributed by atoms with Crippen LogP contribution in [-0.4, -0.2) is 16.7 Å². The molecular weight excluding hydrogens is 431 g/mol. The molecular formula is C19H15IN2OS. The highest BCUT2D eigenvalue weighted by Gasteiger charge is 2.08. The lowest BCUT2D eigenvalue weighted by molar-refractivity contribution is 0.102. The molecule has 5 heteroatoms. The summed E-state index contributed by atoms with van der Waals surface area (Å²) in [6, 6.07) is 21.5. The number of carbonyl (C=O) groups is 1. The second kappa shape index (κ2) is 7.81. The lowest BCUT2D eigenvalue weighted by Crippen LogP contribution is -2.11. The molecule has 24 heavy (non-hydrogen) atoms. The number of hydrogen-bond acceptors (Lipinski definition) is 3. The van der Waals surface area contributed by atoms with Crippen LogP contribution in [0.3, 0.4) is 0 Å². The van der Waals surface area contributed by atoms with E-state index in [2.05, 4.69) is 27.6 Å². The molecule has 3 aromatic carbocycles. The van der Waals surface area contributed by atoms with E-state index in [9.17, 15) is 4.79 Å². The highest BCUT2D eigenvalue weighted by atomic mass is 127. The summed E-state index contributed by atoms with van der Waals surface area (Å²) >= 11 is 3.48. The summed E-state index contributed by atoms with van der Waals surface area (Å²) in [4.78, 5) is 16.7. The predicted molar refractivity (Wildman–Crippen MR) is 111 cm³/mol. The molecule has 0 heterocycles. The third-order valence-corrected chi connectivity index (χ3v) is 5.03. The Hall–Kier alpha value is -1.86. The van der Waals surface area contributed by atoms with Gasteiger partial charge in [0.05, 0.1) is 11.4 Å². The van der Waals surface area contributed by atoms with Crippen LogP contribution in [0.5, 0.6) is 0 Å². The van der Waals surface area contributed by atoms with Gasteiger partial charge in [-0.25, -0.2) is 4.99 Å². The predicted octanol–water partition coefficient (Wildman–Crippen LogP) is 5.01. The molecule has 0 amide bonds. The molecule has 0 aliphatic rings. The van der Waals surface area contributed by atoms with Gasteiger partial charge in [-0.3, -0.25) is 4.79 Å². The number of fused-ring (bicyclic) bond motifs is 1. The minimum Gasteiger partial charge on any atom is -0.378 e. The van der Waals surface area contributed by atoms with E-state index in [1.54, 1.807) is 0 Å². The third-order valence-electron chi connectivity index (χ3n) is 3.51. The van der Waals surface area contributed by atoms with Crippen LogP contribution in [0, 0.1) is 3.57 Å². The average molecular weight is 446 g/mol. The summed E-state index contributed by atoms with van der Waals surface area (Å²) in [7, 11) is 0. The van der Waals surface area contributed by atoms with Crippen LogP contribution in [0.1, 0.15) is 10.4 Å². The van der Waals surface area contributed by atoms with Crippen molar-refractivity contribution in [3.8, 4) is 0 Å². The summed E-state index contributed by atoms with van der Waals surface area (Å²) in [5.41, 5.74) is 7.52.